The lowest BCUT2D eigenvalue weighted by molar-refractivity contribution is 0.462. The Bertz CT molecular complexity index is 1620. The summed E-state index contributed by atoms with van der Waals surface area (Å²) in [5.41, 5.74) is 1.23. The highest BCUT2D eigenvalue weighted by Gasteiger charge is 2.14. The maximum Gasteiger partial charge on any atom is 0.263 e. The lowest BCUT2D eigenvalue weighted by Gasteiger charge is -2.09. The Morgan fingerprint density at radius 3 is 2.81 bits per heavy atom. The van der Waals surface area contributed by atoms with Crippen LogP contribution >= 0.6 is 11.6 Å². The van der Waals surface area contributed by atoms with Gasteiger partial charge in [0.2, 0.25) is 5.88 Å². The van der Waals surface area contributed by atoms with Gasteiger partial charge in [-0.25, -0.2) is 15.0 Å². The van der Waals surface area contributed by atoms with Gasteiger partial charge in [-0.05, 0) is 30.7 Å². The summed E-state index contributed by atoms with van der Waals surface area (Å²) in [5.74, 6) is 1.28. The van der Waals surface area contributed by atoms with E-state index in [1.165, 1.54) is 27.7 Å². The molecule has 0 aliphatic heterocycles. The van der Waals surface area contributed by atoms with Crippen LogP contribution in [0, 0.1) is 6.92 Å². The van der Waals surface area contributed by atoms with E-state index in [9.17, 15) is 9.59 Å². The van der Waals surface area contributed by atoms with Gasteiger partial charge in [-0.15, -0.1) is 0 Å². The Morgan fingerprint density at radius 1 is 1.16 bits per heavy atom. The molecular formula is C21H16ClN7O3. The van der Waals surface area contributed by atoms with Gasteiger partial charge in [0.15, 0.2) is 11.3 Å². The van der Waals surface area contributed by atoms with Crippen LogP contribution in [0.3, 0.4) is 0 Å². The first kappa shape index (κ1) is 19.9. The van der Waals surface area contributed by atoms with Crippen molar-refractivity contribution in [1.82, 2.24) is 34.1 Å². The standard InChI is InChI=1S/C21H16ClN7O3/c1-11-6-16(30)28(2)20-17(11)21(31)29(10-24-20)9-14-25-18-19(26-14)27-15(8-23-18)32-13-5-3-4-12(22)7-13/h3-8,10H,9H2,1-2H3,(H,23,25,26,27). The van der Waals surface area contributed by atoms with E-state index in [-0.39, 0.29) is 23.5 Å². The number of H-pyrrole nitrogens is 1. The van der Waals surface area contributed by atoms with E-state index in [1.54, 1.807) is 38.2 Å². The van der Waals surface area contributed by atoms with Crippen LogP contribution in [-0.2, 0) is 13.6 Å². The van der Waals surface area contributed by atoms with Crippen LogP contribution in [0.15, 0.2) is 52.4 Å². The molecule has 0 aliphatic rings. The SMILES string of the molecule is Cc1cc(=O)n(C)c2ncn(Cc3nc4ncc(Oc5cccc(Cl)c5)nc4[nH]3)c(=O)c12. The van der Waals surface area contributed by atoms with Gasteiger partial charge in [-0.3, -0.25) is 18.7 Å². The fraction of sp³-hybridized carbons (Fsp3) is 0.143. The largest absolute Gasteiger partial charge is 0.437 e. The molecule has 0 saturated heterocycles. The number of halogens is 1. The maximum absolute atomic E-state index is 13.0. The van der Waals surface area contributed by atoms with E-state index in [2.05, 4.69) is 24.9 Å². The van der Waals surface area contributed by atoms with Gasteiger partial charge >= 0.3 is 0 Å². The molecule has 5 aromatic rings. The van der Waals surface area contributed by atoms with Crippen molar-refractivity contribution in [3.05, 3.63) is 80.0 Å². The Kier molecular flexibility index (Phi) is 4.71. The molecule has 0 unspecified atom stereocenters. The van der Waals surface area contributed by atoms with Gasteiger partial charge in [0, 0.05) is 18.1 Å². The van der Waals surface area contributed by atoms with Crippen molar-refractivity contribution in [1.29, 1.82) is 0 Å². The zero-order chi connectivity index (χ0) is 22.4. The summed E-state index contributed by atoms with van der Waals surface area (Å²) in [5, 5.41) is 0.935. The summed E-state index contributed by atoms with van der Waals surface area (Å²) in [6.45, 7) is 1.85. The van der Waals surface area contributed by atoms with E-state index >= 15 is 0 Å². The van der Waals surface area contributed by atoms with Gasteiger partial charge in [-0.2, -0.15) is 4.98 Å². The van der Waals surface area contributed by atoms with E-state index in [4.69, 9.17) is 16.3 Å². The number of aromatic amines is 1. The van der Waals surface area contributed by atoms with Crippen molar-refractivity contribution in [2.24, 2.45) is 7.05 Å². The Labute approximate surface area is 185 Å². The number of pyridine rings is 1. The minimum atomic E-state index is -0.269. The molecule has 5 rings (SSSR count). The highest BCUT2D eigenvalue weighted by molar-refractivity contribution is 6.30. The van der Waals surface area contributed by atoms with Crippen LogP contribution in [-0.4, -0.2) is 34.1 Å². The smallest absolute Gasteiger partial charge is 0.263 e. The minimum absolute atomic E-state index is 0.132. The predicted molar refractivity (Wildman–Crippen MR) is 118 cm³/mol. The number of imidazole rings is 1. The van der Waals surface area contributed by atoms with Crippen LogP contribution in [0.5, 0.6) is 11.6 Å². The number of hydrogen-bond acceptors (Lipinski definition) is 7. The summed E-state index contributed by atoms with van der Waals surface area (Å²) >= 11 is 5.98. The van der Waals surface area contributed by atoms with Crippen molar-refractivity contribution in [3.8, 4) is 11.6 Å². The fourth-order valence-corrected chi connectivity index (χ4v) is 3.59. The molecule has 0 spiro atoms. The molecular weight excluding hydrogens is 434 g/mol. The fourth-order valence-electron chi connectivity index (χ4n) is 3.41. The van der Waals surface area contributed by atoms with Gasteiger partial charge < -0.3 is 9.72 Å². The van der Waals surface area contributed by atoms with Crippen LogP contribution in [0.1, 0.15) is 11.4 Å². The minimum Gasteiger partial charge on any atom is -0.437 e. The van der Waals surface area contributed by atoms with E-state index in [0.717, 1.165) is 0 Å². The zero-order valence-corrected chi connectivity index (χ0v) is 17.8. The van der Waals surface area contributed by atoms with Gasteiger partial charge in [-0.1, -0.05) is 17.7 Å². The van der Waals surface area contributed by atoms with E-state index in [0.29, 0.717) is 44.5 Å². The number of fused-ring (bicyclic) bond motifs is 2. The first-order valence-electron chi connectivity index (χ1n) is 9.60. The second kappa shape index (κ2) is 7.57. The third kappa shape index (κ3) is 3.50. The van der Waals surface area contributed by atoms with Crippen molar-refractivity contribution < 1.29 is 4.74 Å². The third-order valence-electron chi connectivity index (χ3n) is 4.97. The topological polar surface area (TPSA) is 121 Å². The molecule has 4 heterocycles. The zero-order valence-electron chi connectivity index (χ0n) is 17.0. The molecule has 10 nitrogen and oxygen atoms in total. The van der Waals surface area contributed by atoms with Crippen LogP contribution in [0.2, 0.25) is 5.02 Å². The van der Waals surface area contributed by atoms with Gasteiger partial charge in [0.1, 0.15) is 23.5 Å². The first-order valence-corrected chi connectivity index (χ1v) is 9.97. The second-order valence-corrected chi connectivity index (χ2v) is 7.66. The van der Waals surface area contributed by atoms with Crippen molar-refractivity contribution >= 4 is 33.9 Å². The molecule has 0 radical (unpaired) electrons. The average Bonchev–Trinajstić information content (AvgIpc) is 3.15. The van der Waals surface area contributed by atoms with Crippen molar-refractivity contribution in [2.45, 2.75) is 13.5 Å². The molecule has 1 N–H and O–H groups in total. The number of nitrogens with one attached hydrogen (secondary N) is 1. The van der Waals surface area contributed by atoms with Gasteiger partial charge in [0.05, 0.1) is 18.1 Å². The molecule has 0 amide bonds. The third-order valence-corrected chi connectivity index (χ3v) is 5.21. The molecule has 0 bridgehead atoms. The Hall–Kier alpha value is -4.05. The predicted octanol–water partition coefficient (Wildman–Crippen LogP) is 2.56. The maximum atomic E-state index is 13.0. The molecule has 160 valence electrons. The lowest BCUT2D eigenvalue weighted by Crippen LogP contribution is -2.27. The molecule has 0 atom stereocenters. The van der Waals surface area contributed by atoms with Crippen molar-refractivity contribution in [2.75, 3.05) is 0 Å². The number of benzene rings is 1. The number of aromatic nitrogens is 7. The van der Waals surface area contributed by atoms with Gasteiger partial charge in [0.25, 0.3) is 11.1 Å². The molecule has 1 aromatic carbocycles. The molecule has 32 heavy (non-hydrogen) atoms. The number of nitrogens with zero attached hydrogens (tertiary/aromatic N) is 6. The molecule has 11 heteroatoms. The van der Waals surface area contributed by atoms with E-state index in [1.807, 2.05) is 0 Å². The molecule has 0 fully saturated rings. The van der Waals surface area contributed by atoms with Crippen molar-refractivity contribution in [3.63, 3.8) is 0 Å². The monoisotopic (exact) mass is 449 g/mol. The average molecular weight is 450 g/mol. The summed E-state index contributed by atoms with van der Waals surface area (Å²) in [7, 11) is 1.58. The Morgan fingerprint density at radius 2 is 2.00 bits per heavy atom. The molecule has 4 aromatic heterocycles. The highest BCUT2D eigenvalue weighted by Crippen LogP contribution is 2.23. The number of ether oxygens (including phenoxy) is 1. The van der Waals surface area contributed by atoms with Crippen LogP contribution < -0.4 is 15.9 Å². The molecule has 0 saturated carbocycles. The second-order valence-electron chi connectivity index (χ2n) is 7.22. The van der Waals surface area contributed by atoms with E-state index < -0.39 is 0 Å². The quantitative estimate of drug-likeness (QED) is 0.447. The highest BCUT2D eigenvalue weighted by atomic mass is 35.5. The normalized spacial score (nSPS) is 11.3. The van der Waals surface area contributed by atoms with Crippen LogP contribution in [0.25, 0.3) is 22.3 Å². The lowest BCUT2D eigenvalue weighted by atomic mass is 10.2. The number of hydrogen-bond donors (Lipinski definition) is 1. The van der Waals surface area contributed by atoms with Crippen LogP contribution in [0.4, 0.5) is 0 Å². The summed E-state index contributed by atoms with van der Waals surface area (Å²) in [6, 6.07) is 8.37. The summed E-state index contributed by atoms with van der Waals surface area (Å²) < 4.78 is 8.47. The number of rotatable bonds is 4. The summed E-state index contributed by atoms with van der Waals surface area (Å²) in [6.07, 6.45) is 2.85. The first-order chi connectivity index (χ1) is 15.4. The number of aryl methyl sites for hydroxylation is 2. The molecule has 0 aliphatic carbocycles. The summed E-state index contributed by atoms with van der Waals surface area (Å²) in [4.78, 5) is 45.4. The Balaban J connectivity index is 1.48.